The van der Waals surface area contributed by atoms with Crippen molar-refractivity contribution in [1.29, 1.82) is 10.5 Å². The number of aliphatic carboxylic acids is 2. The fourth-order valence-electron chi connectivity index (χ4n) is 0.807. The summed E-state index contributed by atoms with van der Waals surface area (Å²) in [6.07, 6.45) is 1.67. The first kappa shape index (κ1) is 20.5. The van der Waals surface area contributed by atoms with Crippen molar-refractivity contribution in [3.63, 3.8) is 0 Å². The minimum Gasteiger partial charge on any atom is -0.507 e. The van der Waals surface area contributed by atoms with Crippen LogP contribution in [0, 0.1) is 22.7 Å². The lowest BCUT2D eigenvalue weighted by molar-refractivity contribution is -0.132. The van der Waals surface area contributed by atoms with Gasteiger partial charge in [-0.1, -0.05) is 13.2 Å². The Hall–Kier alpha value is -3.78. The number of nitriles is 2. The highest BCUT2D eigenvalue weighted by molar-refractivity contribution is 5.79. The summed E-state index contributed by atoms with van der Waals surface area (Å²) in [5, 5.41) is 50.3. The lowest BCUT2D eigenvalue weighted by atomic mass is 10.1. The van der Waals surface area contributed by atoms with E-state index >= 15 is 0 Å². The third-order valence-electron chi connectivity index (χ3n) is 1.73. The number of aromatic hydroxyl groups is 2. The molecule has 0 atom stereocenters. The van der Waals surface area contributed by atoms with Gasteiger partial charge in [-0.05, 0) is 12.1 Å². The van der Waals surface area contributed by atoms with Crippen molar-refractivity contribution in [2.24, 2.45) is 0 Å². The molecular weight excluding hydrogens is 292 g/mol. The van der Waals surface area contributed by atoms with Crippen LogP contribution in [0.1, 0.15) is 11.1 Å². The summed E-state index contributed by atoms with van der Waals surface area (Å²) < 4.78 is 0. The maximum Gasteiger partial charge on any atom is 0.327 e. The number of carboxylic acids is 2. The molecule has 0 amide bonds. The standard InChI is InChI=1S/C8H4N2O2.2C3H4O2/c9-3-5-6(4-10)8(12)2-1-7(5)11;2*1-2-3(4)5/h1-2,11-12H;2*2H,1H2,(H,4,5). The fraction of sp³-hybridized carbons (Fsp3) is 0. The summed E-state index contributed by atoms with van der Waals surface area (Å²) in [6, 6.07) is 5.57. The molecule has 8 heteroatoms. The smallest absolute Gasteiger partial charge is 0.327 e. The Kier molecular flexibility index (Phi) is 10.3. The van der Waals surface area contributed by atoms with Crippen LogP contribution in [-0.4, -0.2) is 32.4 Å². The minimum atomic E-state index is -0.981. The lowest BCUT2D eigenvalue weighted by Crippen LogP contribution is -1.84. The van der Waals surface area contributed by atoms with Gasteiger partial charge in [0.2, 0.25) is 0 Å². The summed E-state index contributed by atoms with van der Waals surface area (Å²) in [6.45, 7) is 5.92. The Balaban J connectivity index is 0. The minimum absolute atomic E-state index is 0.197. The molecule has 0 saturated heterocycles. The number of hydrogen-bond acceptors (Lipinski definition) is 6. The SMILES string of the molecule is C=CC(=O)O.C=CC(=O)O.N#Cc1c(O)ccc(O)c1C#N. The molecule has 1 aromatic rings. The highest BCUT2D eigenvalue weighted by Gasteiger charge is 2.10. The predicted molar refractivity (Wildman–Crippen MR) is 74.9 cm³/mol. The van der Waals surface area contributed by atoms with E-state index in [-0.39, 0.29) is 22.6 Å². The van der Waals surface area contributed by atoms with Gasteiger partial charge < -0.3 is 20.4 Å². The molecule has 4 N–H and O–H groups in total. The number of rotatable bonds is 2. The second-order valence-corrected chi connectivity index (χ2v) is 3.16. The molecule has 22 heavy (non-hydrogen) atoms. The normalized spacial score (nSPS) is 7.55. The summed E-state index contributed by atoms with van der Waals surface area (Å²) >= 11 is 0. The van der Waals surface area contributed by atoms with E-state index in [0.717, 1.165) is 24.3 Å². The van der Waals surface area contributed by atoms with Gasteiger partial charge in [-0.3, -0.25) is 0 Å². The molecule has 0 fully saturated rings. The van der Waals surface area contributed by atoms with E-state index in [4.69, 9.17) is 30.9 Å². The highest BCUT2D eigenvalue weighted by Crippen LogP contribution is 2.26. The molecule has 0 aromatic heterocycles. The first-order valence-corrected chi connectivity index (χ1v) is 5.30. The second-order valence-electron chi connectivity index (χ2n) is 3.16. The maximum atomic E-state index is 9.25. The fourth-order valence-corrected chi connectivity index (χ4v) is 0.807. The Bertz CT molecular complexity index is 596. The summed E-state index contributed by atoms with van der Waals surface area (Å²) in [7, 11) is 0. The zero-order valence-electron chi connectivity index (χ0n) is 11.2. The second kappa shape index (κ2) is 11.1. The average molecular weight is 304 g/mol. The predicted octanol–water partition coefficient (Wildman–Crippen LogP) is 1.36. The van der Waals surface area contributed by atoms with Crippen molar-refractivity contribution in [1.82, 2.24) is 0 Å². The molecule has 0 saturated carbocycles. The van der Waals surface area contributed by atoms with E-state index in [9.17, 15) is 9.59 Å². The number of phenolic OH excluding ortho intramolecular Hbond substituents is 2. The molecule has 0 unspecified atom stereocenters. The van der Waals surface area contributed by atoms with Crippen molar-refractivity contribution in [2.45, 2.75) is 0 Å². The van der Waals surface area contributed by atoms with Crippen LogP contribution in [0.25, 0.3) is 0 Å². The molecule has 0 heterocycles. The number of phenols is 2. The van der Waals surface area contributed by atoms with Gasteiger partial charge >= 0.3 is 11.9 Å². The van der Waals surface area contributed by atoms with Gasteiger partial charge in [0.05, 0.1) is 0 Å². The number of nitrogens with zero attached hydrogens (tertiary/aromatic N) is 2. The maximum absolute atomic E-state index is 9.25. The molecule has 8 nitrogen and oxygen atoms in total. The first-order chi connectivity index (χ1) is 10.2. The Morgan fingerprint density at radius 3 is 1.27 bits per heavy atom. The Morgan fingerprint density at radius 2 is 1.14 bits per heavy atom. The molecular formula is C14H12N2O6. The van der Waals surface area contributed by atoms with Gasteiger partial charge in [0.15, 0.2) is 0 Å². The third-order valence-corrected chi connectivity index (χ3v) is 1.73. The van der Waals surface area contributed by atoms with Gasteiger partial charge in [-0.15, -0.1) is 0 Å². The van der Waals surface area contributed by atoms with E-state index in [1.165, 1.54) is 0 Å². The van der Waals surface area contributed by atoms with Crippen LogP contribution in [0.4, 0.5) is 0 Å². The lowest BCUT2D eigenvalue weighted by Gasteiger charge is -1.99. The van der Waals surface area contributed by atoms with Crippen molar-refractivity contribution in [3.05, 3.63) is 48.6 Å². The van der Waals surface area contributed by atoms with Crippen LogP contribution in [0.2, 0.25) is 0 Å². The van der Waals surface area contributed by atoms with Gasteiger partial charge in [-0.2, -0.15) is 10.5 Å². The van der Waals surface area contributed by atoms with Crippen LogP contribution in [-0.2, 0) is 9.59 Å². The number of carbonyl (C=O) groups is 2. The van der Waals surface area contributed by atoms with Gasteiger partial charge in [0, 0.05) is 12.2 Å². The van der Waals surface area contributed by atoms with Gasteiger partial charge in [-0.25, -0.2) is 9.59 Å². The molecule has 1 aromatic carbocycles. The van der Waals surface area contributed by atoms with E-state index in [1.807, 2.05) is 0 Å². The average Bonchev–Trinajstić information content (AvgIpc) is 2.50. The third kappa shape index (κ3) is 8.34. The molecule has 0 bridgehead atoms. The Labute approximate surface area is 125 Å². The molecule has 0 aliphatic rings. The first-order valence-electron chi connectivity index (χ1n) is 5.30. The number of benzene rings is 1. The molecule has 0 aliphatic heterocycles. The summed E-state index contributed by atoms with van der Waals surface area (Å²) in [5.41, 5.74) is -0.394. The largest absolute Gasteiger partial charge is 0.507 e. The van der Waals surface area contributed by atoms with Crippen molar-refractivity contribution in [3.8, 4) is 23.6 Å². The zero-order chi connectivity index (χ0) is 17.7. The molecule has 1 rings (SSSR count). The quantitative estimate of drug-likeness (QED) is 0.470. The van der Waals surface area contributed by atoms with Crippen LogP contribution >= 0.6 is 0 Å². The molecule has 0 radical (unpaired) electrons. The van der Waals surface area contributed by atoms with E-state index < -0.39 is 11.9 Å². The van der Waals surface area contributed by atoms with E-state index in [0.29, 0.717) is 0 Å². The number of carboxylic acid groups (broad SMARTS) is 2. The topological polar surface area (TPSA) is 163 Å². The summed E-state index contributed by atoms with van der Waals surface area (Å²) in [5.74, 6) is -2.56. The van der Waals surface area contributed by atoms with Gasteiger partial charge in [0.1, 0.15) is 34.8 Å². The van der Waals surface area contributed by atoms with Crippen LogP contribution in [0.3, 0.4) is 0 Å². The highest BCUT2D eigenvalue weighted by atomic mass is 16.4. The van der Waals surface area contributed by atoms with Crippen molar-refractivity contribution >= 4 is 11.9 Å². The van der Waals surface area contributed by atoms with Crippen LogP contribution in [0.15, 0.2) is 37.4 Å². The number of hydrogen-bond donors (Lipinski definition) is 4. The van der Waals surface area contributed by atoms with Crippen molar-refractivity contribution < 1.29 is 30.0 Å². The molecule has 0 aliphatic carbocycles. The van der Waals surface area contributed by atoms with E-state index in [1.54, 1.807) is 12.1 Å². The molecule has 114 valence electrons. The molecule has 0 spiro atoms. The summed E-state index contributed by atoms with van der Waals surface area (Å²) in [4.78, 5) is 18.5. The van der Waals surface area contributed by atoms with Crippen molar-refractivity contribution in [2.75, 3.05) is 0 Å². The monoisotopic (exact) mass is 304 g/mol. The van der Waals surface area contributed by atoms with Crippen LogP contribution in [0.5, 0.6) is 11.5 Å². The van der Waals surface area contributed by atoms with Crippen LogP contribution < -0.4 is 0 Å². The Morgan fingerprint density at radius 1 is 0.909 bits per heavy atom. The van der Waals surface area contributed by atoms with E-state index in [2.05, 4.69) is 13.2 Å². The zero-order valence-corrected chi connectivity index (χ0v) is 11.2. The van der Waals surface area contributed by atoms with Gasteiger partial charge in [0.25, 0.3) is 0 Å².